The van der Waals surface area contributed by atoms with Gasteiger partial charge in [-0.05, 0) is 35.4 Å². The third kappa shape index (κ3) is 2.16. The number of aryl methyl sites for hydroxylation is 1. The minimum Gasteiger partial charge on any atom is -0.0587 e. The van der Waals surface area contributed by atoms with Crippen LogP contribution in [0, 0.1) is 6.92 Å². The first-order chi connectivity index (χ1) is 6.75. The van der Waals surface area contributed by atoms with Gasteiger partial charge < -0.3 is 0 Å². The number of hydrogen-bond acceptors (Lipinski definition) is 0. The normalized spacial score (nSPS) is 16.1. The molecule has 1 aliphatic rings. The van der Waals surface area contributed by atoms with Crippen LogP contribution in [0.5, 0.6) is 0 Å². The van der Waals surface area contributed by atoms with Gasteiger partial charge in [-0.1, -0.05) is 57.9 Å². The lowest BCUT2D eigenvalue weighted by Gasteiger charge is -2.11. The van der Waals surface area contributed by atoms with E-state index in [1.165, 1.54) is 21.2 Å². The number of allylic oxidation sites excluding steroid dienone is 4. The van der Waals surface area contributed by atoms with Gasteiger partial charge in [0.1, 0.15) is 0 Å². The van der Waals surface area contributed by atoms with Crippen LogP contribution >= 0.6 is 15.9 Å². The molecule has 0 amide bonds. The van der Waals surface area contributed by atoms with Gasteiger partial charge in [-0.3, -0.25) is 0 Å². The van der Waals surface area contributed by atoms with Crippen molar-refractivity contribution in [2.24, 2.45) is 0 Å². The van der Waals surface area contributed by atoms with E-state index in [0.29, 0.717) is 0 Å². The highest BCUT2D eigenvalue weighted by Crippen LogP contribution is 2.28. The fraction of sp³-hybridized carbons (Fsp3) is 0.231. The fourth-order valence-electron chi connectivity index (χ4n) is 1.62. The molecule has 0 saturated heterocycles. The van der Waals surface area contributed by atoms with Gasteiger partial charge in [-0.25, -0.2) is 0 Å². The van der Waals surface area contributed by atoms with E-state index in [9.17, 15) is 0 Å². The first kappa shape index (κ1) is 9.72. The molecule has 1 heteroatoms. The Morgan fingerprint density at radius 2 is 1.71 bits per heavy atom. The largest absolute Gasteiger partial charge is 0.0587 e. The standard InChI is InChI=1S/C13H13Br/c1-10-2-4-11(5-3-10)12-6-8-13(14)9-7-12/h2-6,8H,7,9H2,1H3. The third-order valence-electron chi connectivity index (χ3n) is 2.52. The second kappa shape index (κ2) is 4.14. The third-order valence-corrected chi connectivity index (χ3v) is 3.18. The van der Waals surface area contributed by atoms with Gasteiger partial charge in [-0.15, -0.1) is 0 Å². The number of benzene rings is 1. The molecule has 0 bridgehead atoms. The Labute approximate surface area is 93.5 Å². The molecule has 0 fully saturated rings. The molecule has 1 aliphatic carbocycles. The van der Waals surface area contributed by atoms with Gasteiger partial charge in [0.15, 0.2) is 0 Å². The van der Waals surface area contributed by atoms with Crippen LogP contribution in [0.4, 0.5) is 0 Å². The van der Waals surface area contributed by atoms with E-state index in [2.05, 4.69) is 59.3 Å². The van der Waals surface area contributed by atoms with Crippen LogP contribution in [0.3, 0.4) is 0 Å². The summed E-state index contributed by atoms with van der Waals surface area (Å²) < 4.78 is 1.30. The minimum atomic E-state index is 1.12. The predicted octanol–water partition coefficient (Wildman–Crippen LogP) is 4.45. The van der Waals surface area contributed by atoms with Crippen LogP contribution in [0.15, 0.2) is 40.9 Å². The Morgan fingerprint density at radius 3 is 2.29 bits per heavy atom. The van der Waals surface area contributed by atoms with E-state index in [0.717, 1.165) is 12.8 Å². The smallest absolute Gasteiger partial charge is 0.00460 e. The quantitative estimate of drug-likeness (QED) is 0.689. The number of halogens is 1. The summed E-state index contributed by atoms with van der Waals surface area (Å²) in [4.78, 5) is 0. The van der Waals surface area contributed by atoms with Crippen molar-refractivity contribution in [3.8, 4) is 0 Å². The maximum atomic E-state index is 3.52. The maximum Gasteiger partial charge on any atom is -0.00460 e. The Kier molecular flexibility index (Phi) is 2.87. The molecule has 0 atom stereocenters. The van der Waals surface area contributed by atoms with Crippen LogP contribution in [-0.2, 0) is 0 Å². The molecule has 1 aromatic carbocycles. The van der Waals surface area contributed by atoms with Crippen molar-refractivity contribution in [3.05, 3.63) is 52.0 Å². The van der Waals surface area contributed by atoms with E-state index < -0.39 is 0 Å². The lowest BCUT2D eigenvalue weighted by atomic mass is 9.97. The zero-order valence-electron chi connectivity index (χ0n) is 8.26. The van der Waals surface area contributed by atoms with E-state index in [-0.39, 0.29) is 0 Å². The Balaban J connectivity index is 2.28. The molecule has 2 rings (SSSR count). The summed E-state index contributed by atoms with van der Waals surface area (Å²) >= 11 is 3.52. The summed E-state index contributed by atoms with van der Waals surface area (Å²) in [5.41, 5.74) is 4.11. The van der Waals surface area contributed by atoms with E-state index >= 15 is 0 Å². The molecule has 0 spiro atoms. The molecule has 0 aromatic heterocycles. The van der Waals surface area contributed by atoms with Gasteiger partial charge in [0.25, 0.3) is 0 Å². The summed E-state index contributed by atoms with van der Waals surface area (Å²) in [5, 5.41) is 0. The molecule has 0 heterocycles. The zero-order valence-corrected chi connectivity index (χ0v) is 9.84. The Hall–Kier alpha value is -0.820. The highest BCUT2D eigenvalue weighted by atomic mass is 79.9. The number of hydrogen-bond donors (Lipinski definition) is 0. The molecular weight excluding hydrogens is 236 g/mol. The molecule has 0 N–H and O–H groups in total. The molecule has 14 heavy (non-hydrogen) atoms. The fourth-order valence-corrected chi connectivity index (χ4v) is 1.95. The van der Waals surface area contributed by atoms with E-state index in [4.69, 9.17) is 0 Å². The summed E-state index contributed by atoms with van der Waals surface area (Å²) in [6.45, 7) is 2.12. The first-order valence-electron chi connectivity index (χ1n) is 4.88. The van der Waals surface area contributed by atoms with Crippen molar-refractivity contribution in [2.75, 3.05) is 0 Å². The van der Waals surface area contributed by atoms with E-state index in [1.807, 2.05) is 0 Å². The van der Waals surface area contributed by atoms with Crippen molar-refractivity contribution < 1.29 is 0 Å². The predicted molar refractivity (Wildman–Crippen MR) is 65.4 cm³/mol. The van der Waals surface area contributed by atoms with Crippen LogP contribution in [0.25, 0.3) is 5.57 Å². The van der Waals surface area contributed by atoms with Crippen molar-refractivity contribution in [3.63, 3.8) is 0 Å². The van der Waals surface area contributed by atoms with Crippen LogP contribution in [0.1, 0.15) is 24.0 Å². The summed E-state index contributed by atoms with van der Waals surface area (Å²) in [5.74, 6) is 0. The molecular formula is C13H13Br. The molecule has 1 aromatic rings. The first-order valence-corrected chi connectivity index (χ1v) is 5.67. The Bertz CT molecular complexity index is 382. The Morgan fingerprint density at radius 1 is 1.00 bits per heavy atom. The van der Waals surface area contributed by atoms with Gasteiger partial charge >= 0.3 is 0 Å². The highest BCUT2D eigenvalue weighted by molar-refractivity contribution is 9.11. The van der Waals surface area contributed by atoms with Crippen molar-refractivity contribution in [2.45, 2.75) is 19.8 Å². The van der Waals surface area contributed by atoms with Crippen LogP contribution in [0.2, 0.25) is 0 Å². The summed E-state index contributed by atoms with van der Waals surface area (Å²) in [7, 11) is 0. The number of rotatable bonds is 1. The monoisotopic (exact) mass is 248 g/mol. The SMILES string of the molecule is Cc1ccc(C2=CC=C(Br)CC2)cc1. The van der Waals surface area contributed by atoms with Crippen molar-refractivity contribution in [1.82, 2.24) is 0 Å². The lowest BCUT2D eigenvalue weighted by Crippen LogP contribution is -1.89. The lowest BCUT2D eigenvalue weighted by molar-refractivity contribution is 1.04. The van der Waals surface area contributed by atoms with E-state index in [1.54, 1.807) is 0 Å². The second-order valence-corrected chi connectivity index (χ2v) is 4.69. The molecule has 0 nitrogen and oxygen atoms in total. The van der Waals surface area contributed by atoms with Crippen molar-refractivity contribution in [1.29, 1.82) is 0 Å². The van der Waals surface area contributed by atoms with Crippen LogP contribution < -0.4 is 0 Å². The molecule has 0 unspecified atom stereocenters. The average Bonchev–Trinajstić information content (AvgIpc) is 2.21. The second-order valence-electron chi connectivity index (χ2n) is 3.67. The molecule has 0 saturated carbocycles. The van der Waals surface area contributed by atoms with Gasteiger partial charge in [0, 0.05) is 0 Å². The highest BCUT2D eigenvalue weighted by Gasteiger charge is 2.05. The summed E-state index contributed by atoms with van der Waals surface area (Å²) in [6, 6.07) is 8.75. The summed E-state index contributed by atoms with van der Waals surface area (Å²) in [6.07, 6.45) is 6.62. The van der Waals surface area contributed by atoms with Gasteiger partial charge in [0.2, 0.25) is 0 Å². The van der Waals surface area contributed by atoms with Crippen LogP contribution in [-0.4, -0.2) is 0 Å². The zero-order chi connectivity index (χ0) is 9.97. The minimum absolute atomic E-state index is 1.12. The maximum absolute atomic E-state index is 3.52. The topological polar surface area (TPSA) is 0 Å². The molecule has 72 valence electrons. The average molecular weight is 249 g/mol. The van der Waals surface area contributed by atoms with Gasteiger partial charge in [0.05, 0.1) is 0 Å². The van der Waals surface area contributed by atoms with Gasteiger partial charge in [-0.2, -0.15) is 0 Å². The molecule has 0 radical (unpaired) electrons. The van der Waals surface area contributed by atoms with Crippen molar-refractivity contribution >= 4 is 21.5 Å². The molecule has 0 aliphatic heterocycles.